The van der Waals surface area contributed by atoms with Crippen molar-refractivity contribution < 1.29 is 26.4 Å². The molecule has 3 aromatic rings. The molecule has 8 nitrogen and oxygen atoms in total. The number of sulfonamides is 1. The van der Waals surface area contributed by atoms with Crippen LogP contribution in [0.4, 0.5) is 24.8 Å². The molecule has 1 aliphatic heterocycles. The van der Waals surface area contributed by atoms with Crippen LogP contribution in [0.15, 0.2) is 42.5 Å². The van der Waals surface area contributed by atoms with Crippen LogP contribution in [0, 0.1) is 0 Å². The fourth-order valence-electron chi connectivity index (χ4n) is 4.37. The Labute approximate surface area is 219 Å². The molecule has 202 valence electrons. The van der Waals surface area contributed by atoms with Gasteiger partial charge in [0, 0.05) is 45.3 Å². The van der Waals surface area contributed by atoms with Crippen molar-refractivity contribution in [3.05, 3.63) is 53.6 Å². The molecule has 2 aromatic carbocycles. The summed E-state index contributed by atoms with van der Waals surface area (Å²) in [6.07, 6.45) is -2.04. The van der Waals surface area contributed by atoms with Crippen LogP contribution in [0.2, 0.25) is 0 Å². The Balaban J connectivity index is 0.00000380. The third kappa shape index (κ3) is 6.55. The van der Waals surface area contributed by atoms with Crippen molar-refractivity contribution >= 4 is 51.0 Å². The smallest absolute Gasteiger partial charge is 0.341 e. The van der Waals surface area contributed by atoms with Gasteiger partial charge in [-0.05, 0) is 48.7 Å². The lowest BCUT2D eigenvalue weighted by Crippen LogP contribution is -2.38. The highest BCUT2D eigenvalue weighted by atomic mass is 35.5. The molecule has 1 unspecified atom stereocenters. The van der Waals surface area contributed by atoms with Crippen molar-refractivity contribution in [1.29, 1.82) is 0 Å². The van der Waals surface area contributed by atoms with E-state index >= 15 is 0 Å². The SMILES string of the molecule is CN(C1CCN(c2nc3ccc(NC(=O)CCc4ccc(C(F)(F)F)cc4)cc3n2C)C1)S(C)(=O)=O.Cl. The Bertz CT molecular complexity index is 1380. The number of likely N-dealkylation sites (N-methyl/N-ethyl adjacent to an activating group) is 1. The van der Waals surface area contributed by atoms with Crippen molar-refractivity contribution in [3.63, 3.8) is 0 Å². The fraction of sp³-hybridized carbons (Fsp3) is 0.417. The molecule has 1 saturated heterocycles. The Morgan fingerprint density at radius 2 is 1.86 bits per heavy atom. The van der Waals surface area contributed by atoms with Gasteiger partial charge in [0.05, 0.1) is 22.9 Å². The number of rotatable bonds is 7. The summed E-state index contributed by atoms with van der Waals surface area (Å²) < 4.78 is 65.2. The van der Waals surface area contributed by atoms with Crippen LogP contribution in [-0.2, 0) is 34.5 Å². The second-order valence-corrected chi connectivity index (χ2v) is 11.1. The van der Waals surface area contributed by atoms with Crippen molar-refractivity contribution in [3.8, 4) is 0 Å². The predicted molar refractivity (Wildman–Crippen MR) is 140 cm³/mol. The Kier molecular flexibility index (Phi) is 8.45. The van der Waals surface area contributed by atoms with E-state index < -0.39 is 21.8 Å². The maximum absolute atomic E-state index is 12.7. The Morgan fingerprint density at radius 3 is 2.49 bits per heavy atom. The summed E-state index contributed by atoms with van der Waals surface area (Å²) in [6.45, 7) is 1.21. The minimum atomic E-state index is -4.39. The van der Waals surface area contributed by atoms with Crippen LogP contribution in [0.5, 0.6) is 0 Å². The number of amides is 1. The number of imidazole rings is 1. The molecule has 2 heterocycles. The van der Waals surface area contributed by atoms with E-state index in [9.17, 15) is 26.4 Å². The van der Waals surface area contributed by atoms with Crippen molar-refractivity contribution in [2.24, 2.45) is 7.05 Å². The summed E-state index contributed by atoms with van der Waals surface area (Å²) in [5, 5.41) is 2.84. The third-order valence-corrected chi connectivity index (χ3v) is 7.89. The first-order valence-electron chi connectivity index (χ1n) is 11.4. The first-order valence-corrected chi connectivity index (χ1v) is 13.3. The molecule has 4 rings (SSSR count). The zero-order valence-electron chi connectivity index (χ0n) is 20.6. The lowest BCUT2D eigenvalue weighted by atomic mass is 10.1. The first-order chi connectivity index (χ1) is 16.8. The minimum absolute atomic E-state index is 0. The normalized spacial score (nSPS) is 16.3. The standard InChI is InChI=1S/C24H28F3N5O3S.ClH/c1-30-21-14-18(28-22(33)11-6-16-4-7-17(8-5-16)24(25,26)27)9-10-20(21)29-23(30)32-13-12-19(15-32)31(2)36(3,34)35;/h4-5,7-10,14,19H,6,11-13,15H2,1-3H3,(H,28,33);1H. The summed E-state index contributed by atoms with van der Waals surface area (Å²) >= 11 is 0. The van der Waals surface area contributed by atoms with E-state index in [2.05, 4.69) is 10.2 Å². The summed E-state index contributed by atoms with van der Waals surface area (Å²) in [4.78, 5) is 19.2. The lowest BCUT2D eigenvalue weighted by molar-refractivity contribution is -0.137. The number of nitrogens with one attached hydrogen (secondary N) is 1. The monoisotopic (exact) mass is 559 g/mol. The van der Waals surface area contributed by atoms with Gasteiger partial charge in [-0.3, -0.25) is 4.79 Å². The first kappa shape index (κ1) is 28.7. The van der Waals surface area contributed by atoms with Crippen molar-refractivity contribution in [2.75, 3.05) is 36.6 Å². The lowest BCUT2D eigenvalue weighted by Gasteiger charge is -2.22. The zero-order chi connectivity index (χ0) is 26.3. The predicted octanol–water partition coefficient (Wildman–Crippen LogP) is 4.06. The summed E-state index contributed by atoms with van der Waals surface area (Å²) in [7, 11) is 0.178. The van der Waals surface area contributed by atoms with Gasteiger partial charge in [0.1, 0.15) is 0 Å². The van der Waals surface area contributed by atoms with Crippen LogP contribution >= 0.6 is 12.4 Å². The number of aromatic nitrogens is 2. The van der Waals surface area contributed by atoms with E-state index in [1.165, 1.54) is 22.7 Å². The topological polar surface area (TPSA) is 87.5 Å². The maximum atomic E-state index is 12.7. The molecule has 0 bridgehead atoms. The van der Waals surface area contributed by atoms with Gasteiger partial charge >= 0.3 is 6.18 Å². The van der Waals surface area contributed by atoms with Crippen molar-refractivity contribution in [2.45, 2.75) is 31.5 Å². The molecule has 0 aliphatic carbocycles. The fourth-order valence-corrected chi connectivity index (χ4v) is 5.08. The van der Waals surface area contributed by atoms with Crippen LogP contribution < -0.4 is 10.2 Å². The molecule has 1 aromatic heterocycles. The molecule has 1 N–H and O–H groups in total. The summed E-state index contributed by atoms with van der Waals surface area (Å²) in [6, 6.07) is 10.1. The van der Waals surface area contributed by atoms with Gasteiger partial charge in [0.2, 0.25) is 21.9 Å². The summed E-state index contributed by atoms with van der Waals surface area (Å²) in [5.74, 6) is 0.475. The molecule has 1 atom stereocenters. The summed E-state index contributed by atoms with van der Waals surface area (Å²) in [5.41, 5.74) is 2.08. The average Bonchev–Trinajstić information content (AvgIpc) is 3.41. The van der Waals surface area contributed by atoms with Gasteiger partial charge in [0.25, 0.3) is 0 Å². The van der Waals surface area contributed by atoms with E-state index in [1.807, 2.05) is 17.7 Å². The van der Waals surface area contributed by atoms with Gasteiger partial charge in [0.15, 0.2) is 0 Å². The minimum Gasteiger partial charge on any atom is -0.341 e. The number of benzene rings is 2. The molecule has 0 saturated carbocycles. The average molecular weight is 560 g/mol. The van der Waals surface area contributed by atoms with E-state index in [-0.39, 0.29) is 30.8 Å². The molecule has 1 fully saturated rings. The van der Waals surface area contributed by atoms with Crippen LogP contribution in [0.1, 0.15) is 24.0 Å². The molecular weight excluding hydrogens is 531 g/mol. The zero-order valence-corrected chi connectivity index (χ0v) is 22.3. The quantitative estimate of drug-likeness (QED) is 0.472. The van der Waals surface area contributed by atoms with E-state index in [4.69, 9.17) is 4.98 Å². The number of fused-ring (bicyclic) bond motifs is 1. The van der Waals surface area contributed by atoms with Gasteiger partial charge in [-0.2, -0.15) is 13.2 Å². The number of carbonyl (C=O) groups is 1. The molecule has 1 amide bonds. The number of hydrogen-bond acceptors (Lipinski definition) is 5. The van der Waals surface area contributed by atoms with Crippen LogP contribution in [0.3, 0.4) is 0 Å². The maximum Gasteiger partial charge on any atom is 0.416 e. The van der Waals surface area contributed by atoms with Crippen molar-refractivity contribution in [1.82, 2.24) is 13.9 Å². The van der Waals surface area contributed by atoms with Gasteiger partial charge in [-0.1, -0.05) is 12.1 Å². The number of nitrogens with zero attached hydrogens (tertiary/aromatic N) is 4. The molecule has 0 spiro atoms. The molecule has 37 heavy (non-hydrogen) atoms. The van der Waals surface area contributed by atoms with E-state index in [1.54, 1.807) is 19.2 Å². The third-order valence-electron chi connectivity index (χ3n) is 6.55. The molecule has 13 heteroatoms. The number of anilines is 2. The van der Waals surface area contributed by atoms with Crippen LogP contribution in [-0.4, -0.2) is 60.6 Å². The van der Waals surface area contributed by atoms with E-state index in [0.29, 0.717) is 37.2 Å². The second kappa shape index (κ2) is 10.9. The number of alkyl halides is 3. The highest BCUT2D eigenvalue weighted by molar-refractivity contribution is 7.88. The molecule has 0 radical (unpaired) electrons. The number of halogens is 4. The largest absolute Gasteiger partial charge is 0.416 e. The molecule has 1 aliphatic rings. The number of carbonyl (C=O) groups excluding carboxylic acids is 1. The number of hydrogen-bond donors (Lipinski definition) is 1. The highest BCUT2D eigenvalue weighted by Gasteiger charge is 2.32. The molecular formula is C24H29ClF3N5O3S. The highest BCUT2D eigenvalue weighted by Crippen LogP contribution is 2.30. The van der Waals surface area contributed by atoms with Gasteiger partial charge in [-0.25, -0.2) is 17.7 Å². The Hall–Kier alpha value is -2.83. The van der Waals surface area contributed by atoms with E-state index in [0.717, 1.165) is 29.1 Å². The Morgan fingerprint density at radius 1 is 1.19 bits per heavy atom. The van der Waals surface area contributed by atoms with Gasteiger partial charge in [-0.15, -0.1) is 12.4 Å². The number of aryl methyl sites for hydroxylation is 2. The second-order valence-electron chi connectivity index (χ2n) is 9.08. The van der Waals surface area contributed by atoms with Crippen LogP contribution in [0.25, 0.3) is 11.0 Å². The van der Waals surface area contributed by atoms with Gasteiger partial charge < -0.3 is 14.8 Å².